The molecule has 1 aliphatic carbocycles. The minimum Gasteiger partial charge on any atom is -0.335 e. The van der Waals surface area contributed by atoms with Crippen LogP contribution in [-0.2, 0) is 11.3 Å². The molecule has 0 unspecified atom stereocenters. The first-order valence-electron chi connectivity index (χ1n) is 10.5. The van der Waals surface area contributed by atoms with Crippen molar-refractivity contribution < 1.29 is 9.18 Å². The SMILES string of the molecule is O=C(C1CCC1)N1C[C@@H]2CN(Cc3ccc(=O)[nH]c3)C[C@@H]2[C@H]1c1cccc(F)c1. The van der Waals surface area contributed by atoms with Crippen LogP contribution in [0.4, 0.5) is 4.39 Å². The average Bonchev–Trinajstić information content (AvgIpc) is 3.19. The normalized spacial score (nSPS) is 27.1. The monoisotopic (exact) mass is 395 g/mol. The largest absolute Gasteiger partial charge is 0.335 e. The lowest BCUT2D eigenvalue weighted by Crippen LogP contribution is -2.41. The van der Waals surface area contributed by atoms with Crippen molar-refractivity contribution in [2.24, 2.45) is 17.8 Å². The number of H-pyrrole nitrogens is 1. The van der Waals surface area contributed by atoms with E-state index in [1.807, 2.05) is 17.0 Å². The Kier molecular flexibility index (Phi) is 4.74. The van der Waals surface area contributed by atoms with E-state index >= 15 is 0 Å². The van der Waals surface area contributed by atoms with Gasteiger partial charge in [-0.05, 0) is 42.0 Å². The van der Waals surface area contributed by atoms with Crippen LogP contribution in [0.1, 0.15) is 36.4 Å². The Morgan fingerprint density at radius 3 is 2.69 bits per heavy atom. The summed E-state index contributed by atoms with van der Waals surface area (Å²) in [6.07, 6.45) is 4.87. The van der Waals surface area contributed by atoms with Gasteiger partial charge in [-0.25, -0.2) is 4.39 Å². The second-order valence-electron chi connectivity index (χ2n) is 8.80. The van der Waals surface area contributed by atoms with Crippen LogP contribution < -0.4 is 5.56 Å². The molecule has 1 saturated carbocycles. The van der Waals surface area contributed by atoms with Crippen molar-refractivity contribution in [1.29, 1.82) is 0 Å². The molecule has 3 fully saturated rings. The van der Waals surface area contributed by atoms with E-state index in [4.69, 9.17) is 0 Å². The zero-order valence-electron chi connectivity index (χ0n) is 16.4. The molecule has 6 heteroatoms. The van der Waals surface area contributed by atoms with Gasteiger partial charge in [0.1, 0.15) is 5.82 Å². The molecule has 1 N–H and O–H groups in total. The fourth-order valence-electron chi connectivity index (χ4n) is 5.30. The highest BCUT2D eigenvalue weighted by Gasteiger charge is 2.50. The van der Waals surface area contributed by atoms with Gasteiger partial charge in [0.05, 0.1) is 6.04 Å². The number of pyridine rings is 1. The number of hydrogen-bond acceptors (Lipinski definition) is 3. The molecule has 3 atom stereocenters. The summed E-state index contributed by atoms with van der Waals surface area (Å²) in [5, 5.41) is 0. The Morgan fingerprint density at radius 1 is 1.14 bits per heavy atom. The van der Waals surface area contributed by atoms with Crippen molar-refractivity contribution in [3.63, 3.8) is 0 Å². The van der Waals surface area contributed by atoms with E-state index in [9.17, 15) is 14.0 Å². The van der Waals surface area contributed by atoms with E-state index < -0.39 is 0 Å². The number of halogens is 1. The van der Waals surface area contributed by atoms with E-state index in [-0.39, 0.29) is 29.2 Å². The molecule has 2 aromatic rings. The van der Waals surface area contributed by atoms with Crippen LogP contribution in [0.3, 0.4) is 0 Å². The fraction of sp³-hybridized carbons (Fsp3) is 0.478. The molecule has 1 amide bonds. The number of rotatable bonds is 4. The number of benzene rings is 1. The maximum atomic E-state index is 14.0. The van der Waals surface area contributed by atoms with Crippen LogP contribution in [-0.4, -0.2) is 40.3 Å². The maximum absolute atomic E-state index is 14.0. The minimum atomic E-state index is -0.245. The Hall–Kier alpha value is -2.47. The lowest BCUT2D eigenvalue weighted by molar-refractivity contribution is -0.139. The van der Waals surface area contributed by atoms with Gasteiger partial charge in [-0.3, -0.25) is 14.5 Å². The first kappa shape index (κ1) is 18.6. The van der Waals surface area contributed by atoms with Gasteiger partial charge < -0.3 is 9.88 Å². The number of hydrogen-bond donors (Lipinski definition) is 1. The number of likely N-dealkylation sites (tertiary alicyclic amines) is 2. The molecule has 0 bridgehead atoms. The number of nitrogens with zero attached hydrogens (tertiary/aromatic N) is 2. The number of amides is 1. The van der Waals surface area contributed by atoms with Crippen molar-refractivity contribution in [2.45, 2.75) is 31.8 Å². The van der Waals surface area contributed by atoms with E-state index in [1.165, 1.54) is 6.07 Å². The molecule has 1 aromatic carbocycles. The smallest absolute Gasteiger partial charge is 0.247 e. The standard InChI is InChI=1S/C23H26FN3O2/c24-19-6-2-5-17(9-19)22-20-14-26(11-15-7-8-21(28)25-10-15)12-18(20)13-27(22)23(29)16-3-1-4-16/h2,5-10,16,18,20,22H,1,3-4,11-14H2,(H,25,28)/t18-,20-,22+/m0/s1. The summed E-state index contributed by atoms with van der Waals surface area (Å²) < 4.78 is 14.0. The first-order valence-corrected chi connectivity index (χ1v) is 10.5. The average molecular weight is 395 g/mol. The number of carbonyl (C=O) groups excluding carboxylic acids is 1. The van der Waals surface area contributed by atoms with E-state index in [0.717, 1.165) is 56.6 Å². The van der Waals surface area contributed by atoms with Gasteiger partial charge in [0.15, 0.2) is 0 Å². The van der Waals surface area contributed by atoms with Crippen molar-refractivity contribution in [1.82, 2.24) is 14.8 Å². The number of carbonyl (C=O) groups is 1. The van der Waals surface area contributed by atoms with Gasteiger partial charge in [0.25, 0.3) is 0 Å². The van der Waals surface area contributed by atoms with Gasteiger partial charge >= 0.3 is 0 Å². The Balaban J connectivity index is 1.38. The van der Waals surface area contributed by atoms with Crippen molar-refractivity contribution in [2.75, 3.05) is 19.6 Å². The summed E-state index contributed by atoms with van der Waals surface area (Å²) >= 11 is 0. The van der Waals surface area contributed by atoms with Gasteiger partial charge in [0, 0.05) is 50.3 Å². The van der Waals surface area contributed by atoms with Crippen LogP contribution in [0.15, 0.2) is 47.4 Å². The third-order valence-electron chi connectivity index (χ3n) is 6.92. The van der Waals surface area contributed by atoms with Crippen molar-refractivity contribution >= 4 is 5.91 Å². The lowest BCUT2D eigenvalue weighted by Gasteiger charge is -2.35. The second kappa shape index (κ2) is 7.41. The van der Waals surface area contributed by atoms with Crippen LogP contribution in [0.25, 0.3) is 0 Å². The number of aromatic amines is 1. The molecule has 1 aromatic heterocycles. The zero-order valence-corrected chi connectivity index (χ0v) is 16.4. The molecular formula is C23H26FN3O2. The molecule has 3 heterocycles. The third kappa shape index (κ3) is 3.50. The van der Waals surface area contributed by atoms with E-state index in [0.29, 0.717) is 11.8 Å². The molecule has 152 valence electrons. The molecule has 2 saturated heterocycles. The predicted octanol–water partition coefficient (Wildman–Crippen LogP) is 2.95. The molecule has 5 rings (SSSR count). The summed E-state index contributed by atoms with van der Waals surface area (Å²) in [4.78, 5) is 31.6. The van der Waals surface area contributed by atoms with E-state index in [1.54, 1.807) is 24.4 Å². The van der Waals surface area contributed by atoms with Crippen LogP contribution in [0.5, 0.6) is 0 Å². The molecule has 29 heavy (non-hydrogen) atoms. The van der Waals surface area contributed by atoms with Gasteiger partial charge in [-0.2, -0.15) is 0 Å². The molecule has 5 nitrogen and oxygen atoms in total. The highest BCUT2D eigenvalue weighted by Crippen LogP contribution is 2.47. The lowest BCUT2D eigenvalue weighted by atomic mass is 9.83. The first-order chi connectivity index (χ1) is 14.1. The molecule has 0 radical (unpaired) electrons. The molecule has 3 aliphatic rings. The predicted molar refractivity (Wildman–Crippen MR) is 108 cm³/mol. The van der Waals surface area contributed by atoms with Crippen LogP contribution in [0.2, 0.25) is 0 Å². The summed E-state index contributed by atoms with van der Waals surface area (Å²) in [6, 6.07) is 10.1. The number of nitrogens with one attached hydrogen (secondary N) is 1. The summed E-state index contributed by atoms with van der Waals surface area (Å²) in [6.45, 7) is 3.32. The van der Waals surface area contributed by atoms with Gasteiger partial charge in [-0.15, -0.1) is 0 Å². The van der Waals surface area contributed by atoms with Crippen molar-refractivity contribution in [3.05, 3.63) is 69.9 Å². The van der Waals surface area contributed by atoms with Crippen LogP contribution in [0, 0.1) is 23.6 Å². The second-order valence-corrected chi connectivity index (χ2v) is 8.80. The summed E-state index contributed by atoms with van der Waals surface area (Å²) in [7, 11) is 0. The Labute approximate surface area is 169 Å². The zero-order chi connectivity index (χ0) is 20.0. The Morgan fingerprint density at radius 2 is 2.00 bits per heavy atom. The summed E-state index contributed by atoms with van der Waals surface area (Å²) in [5.41, 5.74) is 1.90. The molecular weight excluding hydrogens is 369 g/mol. The number of fused-ring (bicyclic) bond motifs is 1. The van der Waals surface area contributed by atoms with Gasteiger partial charge in [0.2, 0.25) is 11.5 Å². The maximum Gasteiger partial charge on any atom is 0.247 e. The fourth-order valence-corrected chi connectivity index (χ4v) is 5.30. The van der Waals surface area contributed by atoms with Gasteiger partial charge in [-0.1, -0.05) is 24.6 Å². The highest BCUT2D eigenvalue weighted by molar-refractivity contribution is 5.80. The summed E-state index contributed by atoms with van der Waals surface area (Å²) in [5.74, 6) is 0.873. The van der Waals surface area contributed by atoms with Crippen molar-refractivity contribution in [3.8, 4) is 0 Å². The topological polar surface area (TPSA) is 56.4 Å². The highest BCUT2D eigenvalue weighted by atomic mass is 19.1. The van der Waals surface area contributed by atoms with Crippen LogP contribution >= 0.6 is 0 Å². The molecule has 2 aliphatic heterocycles. The minimum absolute atomic E-state index is 0.0515. The third-order valence-corrected chi connectivity index (χ3v) is 6.92. The quantitative estimate of drug-likeness (QED) is 0.866. The molecule has 0 spiro atoms. The van der Waals surface area contributed by atoms with E-state index in [2.05, 4.69) is 9.88 Å². The number of aromatic nitrogens is 1. The Bertz CT molecular complexity index is 950.